The van der Waals surface area contributed by atoms with Crippen molar-refractivity contribution in [2.45, 2.75) is 182 Å². The summed E-state index contributed by atoms with van der Waals surface area (Å²) in [5.41, 5.74) is 1.60. The zero-order chi connectivity index (χ0) is 45.5. The van der Waals surface area contributed by atoms with Crippen molar-refractivity contribution in [3.8, 4) is 0 Å². The van der Waals surface area contributed by atoms with Crippen LogP contribution in [0.5, 0.6) is 0 Å². The fraction of sp³-hybridized carbons (Fsp3) is 0.688. The molecule has 0 unspecified atom stereocenters. The molecule has 0 aromatic carbocycles. The molecule has 1 fully saturated rings. The van der Waals surface area contributed by atoms with Crippen LogP contribution in [-0.2, 0) is 23.9 Å². The molecule has 60 heavy (non-hydrogen) atoms. The Kier molecular flexibility index (Phi) is 22.2. The third kappa shape index (κ3) is 17.0. The summed E-state index contributed by atoms with van der Waals surface area (Å²) in [6.07, 6.45) is 7.81. The summed E-state index contributed by atoms with van der Waals surface area (Å²) < 4.78 is 12.1. The van der Waals surface area contributed by atoms with E-state index in [1.54, 1.807) is 52.8 Å². The molecule has 7 N–H and O–H groups in total. The molecule has 0 saturated carbocycles. The minimum absolute atomic E-state index is 0.0322. The SMILES string of the molecule is CC[C@@H](O)[C@H](C)[C@@H](O)C[C@H](O)[C@H](O)/C=C(\C)C[C@@H](C)[C@H]1C[C@@H](O)[C@H](C)/C=C\C=C/C[C@H](C)C(=O)C[C@@H]2CC[C@H](C)[C@](O)(C/C=C(C)\C=C(\C)[C@@H](O)C(=O)/C=C(/C)C(=O)O1)O2. The van der Waals surface area contributed by atoms with E-state index in [-0.39, 0.29) is 54.8 Å². The Morgan fingerprint density at radius 1 is 0.950 bits per heavy atom. The first-order valence-corrected chi connectivity index (χ1v) is 21.8. The van der Waals surface area contributed by atoms with E-state index in [2.05, 4.69) is 0 Å². The van der Waals surface area contributed by atoms with Gasteiger partial charge in [-0.2, -0.15) is 0 Å². The van der Waals surface area contributed by atoms with Gasteiger partial charge in [0.2, 0.25) is 0 Å². The van der Waals surface area contributed by atoms with Gasteiger partial charge < -0.3 is 45.2 Å². The molecule has 2 rings (SSSR count). The van der Waals surface area contributed by atoms with Crippen LogP contribution in [0.1, 0.15) is 127 Å². The maximum absolute atomic E-state index is 13.5. The Hall–Kier alpha value is -3.07. The van der Waals surface area contributed by atoms with Crippen LogP contribution >= 0.6 is 0 Å². The van der Waals surface area contributed by atoms with Crippen LogP contribution < -0.4 is 0 Å². The van der Waals surface area contributed by atoms with Gasteiger partial charge in [0.05, 0.1) is 36.6 Å². The van der Waals surface area contributed by atoms with Crippen molar-refractivity contribution in [1.29, 1.82) is 0 Å². The fourth-order valence-electron chi connectivity index (χ4n) is 7.60. The van der Waals surface area contributed by atoms with E-state index >= 15 is 0 Å². The van der Waals surface area contributed by atoms with Crippen LogP contribution in [0.15, 0.2) is 70.9 Å². The molecule has 0 aromatic heterocycles. The molecule has 0 spiro atoms. The normalized spacial score (nSPS) is 35.8. The fourth-order valence-corrected chi connectivity index (χ4v) is 7.60. The van der Waals surface area contributed by atoms with Gasteiger partial charge >= 0.3 is 5.97 Å². The third-order valence-electron chi connectivity index (χ3n) is 12.3. The van der Waals surface area contributed by atoms with E-state index < -0.39 is 78.2 Å². The number of hydrogen-bond donors (Lipinski definition) is 7. The average molecular weight is 845 g/mol. The maximum atomic E-state index is 13.5. The predicted molar refractivity (Wildman–Crippen MR) is 232 cm³/mol. The molecule has 2 heterocycles. The lowest BCUT2D eigenvalue weighted by atomic mass is 9.85. The van der Waals surface area contributed by atoms with Crippen molar-refractivity contribution in [2.75, 3.05) is 0 Å². The number of fused-ring (bicyclic) bond motifs is 2. The molecular formula is C48H76O12. The first-order valence-electron chi connectivity index (χ1n) is 21.8. The molecule has 1 saturated heterocycles. The highest BCUT2D eigenvalue weighted by Crippen LogP contribution is 2.37. The number of ketones is 2. The number of carbonyl (C=O) groups is 3. The Bertz CT molecular complexity index is 1590. The van der Waals surface area contributed by atoms with Gasteiger partial charge in [-0.3, -0.25) is 9.59 Å². The highest BCUT2D eigenvalue weighted by atomic mass is 16.6. The van der Waals surface area contributed by atoms with Crippen LogP contribution in [0.25, 0.3) is 0 Å². The molecule has 12 heteroatoms. The minimum Gasteiger partial charge on any atom is -0.459 e. The molecule has 0 aliphatic carbocycles. The van der Waals surface area contributed by atoms with E-state index in [9.17, 15) is 50.1 Å². The maximum Gasteiger partial charge on any atom is 0.334 e. The molecule has 2 bridgehead atoms. The second kappa shape index (κ2) is 25.1. The summed E-state index contributed by atoms with van der Waals surface area (Å²) in [5.74, 6) is -4.74. The topological polar surface area (TPSA) is 211 Å². The molecule has 12 nitrogen and oxygen atoms in total. The number of rotatable bonds is 10. The quantitative estimate of drug-likeness (QED) is 0.101. The standard InChI is InChI=1S/C48H76O12/c1-11-38(49)36(10)41(52)26-43(54)42(53)23-29(3)22-32(6)45-27-40(51)31(5)16-14-12-13-15-30(4)39(50)25-37-18-17-35(9)48(58,60-37)20-19-28(2)21-33(7)46(56)44(55)24-34(8)47(57)59-45/h12-14,16,19,21,23-24,30-32,35-38,40-43,45-46,49,51-54,56,58H,11,15,17-18,20,22,25-27H2,1-10H3/b13-12-,16-14-,28-19-,29-23+,33-21-,34-24-/t30-,31+,32+,35-,36-,37-,38+,40+,41-,42+,43-,45+,46+,48-/m0/s1. The van der Waals surface area contributed by atoms with Crippen LogP contribution in [0.2, 0.25) is 0 Å². The van der Waals surface area contributed by atoms with E-state index in [4.69, 9.17) is 9.47 Å². The van der Waals surface area contributed by atoms with E-state index in [1.165, 1.54) is 13.0 Å². The number of cyclic esters (lactones) is 1. The monoisotopic (exact) mass is 845 g/mol. The average Bonchev–Trinajstić information content (AvgIpc) is 3.19. The number of ether oxygens (including phenoxy) is 2. The lowest BCUT2D eigenvalue weighted by Crippen LogP contribution is -2.47. The van der Waals surface area contributed by atoms with E-state index in [0.717, 1.165) is 6.08 Å². The molecule has 0 amide bonds. The molecule has 0 aromatic rings. The molecular weight excluding hydrogens is 769 g/mol. The van der Waals surface area contributed by atoms with Gasteiger partial charge in [-0.25, -0.2) is 4.79 Å². The second-order valence-electron chi connectivity index (χ2n) is 17.9. The van der Waals surface area contributed by atoms with Crippen molar-refractivity contribution in [3.63, 3.8) is 0 Å². The Morgan fingerprint density at radius 3 is 2.27 bits per heavy atom. The number of aliphatic hydroxyl groups excluding tert-OH is 6. The van der Waals surface area contributed by atoms with Crippen molar-refractivity contribution >= 4 is 17.5 Å². The summed E-state index contributed by atoms with van der Waals surface area (Å²) in [4.78, 5) is 39.8. The number of esters is 1. The number of hydrogen-bond acceptors (Lipinski definition) is 12. The van der Waals surface area contributed by atoms with Gasteiger partial charge in [0.25, 0.3) is 0 Å². The van der Waals surface area contributed by atoms with Crippen LogP contribution in [0.4, 0.5) is 0 Å². The summed E-state index contributed by atoms with van der Waals surface area (Å²) >= 11 is 0. The molecule has 0 radical (unpaired) electrons. The molecule has 2 aliphatic rings. The highest BCUT2D eigenvalue weighted by Gasteiger charge is 2.41. The predicted octanol–water partition coefficient (Wildman–Crippen LogP) is 5.91. The molecule has 2 aliphatic heterocycles. The minimum atomic E-state index is -1.56. The van der Waals surface area contributed by atoms with Crippen LogP contribution in [0.3, 0.4) is 0 Å². The molecule has 14 atom stereocenters. The van der Waals surface area contributed by atoms with Gasteiger partial charge in [0.15, 0.2) is 11.6 Å². The van der Waals surface area contributed by atoms with Gasteiger partial charge in [-0.15, -0.1) is 0 Å². The Balaban J connectivity index is 2.40. The van der Waals surface area contributed by atoms with Crippen molar-refractivity contribution in [1.82, 2.24) is 0 Å². The highest BCUT2D eigenvalue weighted by molar-refractivity contribution is 6.02. The van der Waals surface area contributed by atoms with Crippen molar-refractivity contribution < 1.29 is 59.6 Å². The first-order chi connectivity index (χ1) is 28.0. The zero-order valence-corrected chi connectivity index (χ0v) is 37.7. The van der Waals surface area contributed by atoms with E-state index in [0.29, 0.717) is 48.8 Å². The van der Waals surface area contributed by atoms with Gasteiger partial charge in [-0.05, 0) is 77.4 Å². The Morgan fingerprint density at radius 2 is 1.62 bits per heavy atom. The van der Waals surface area contributed by atoms with Gasteiger partial charge in [0.1, 0.15) is 18.0 Å². The lowest BCUT2D eigenvalue weighted by Gasteiger charge is -2.41. The smallest absolute Gasteiger partial charge is 0.334 e. The largest absolute Gasteiger partial charge is 0.459 e. The number of aliphatic hydroxyl groups is 7. The summed E-state index contributed by atoms with van der Waals surface area (Å²) in [7, 11) is 0. The summed E-state index contributed by atoms with van der Waals surface area (Å²) in [6, 6.07) is 0. The second-order valence-corrected chi connectivity index (χ2v) is 17.9. The number of Topliss-reactive ketones (excluding diaryl/α,β-unsaturated/α-hetero) is 1. The zero-order valence-electron chi connectivity index (χ0n) is 37.7. The van der Waals surface area contributed by atoms with E-state index in [1.807, 2.05) is 45.9 Å². The van der Waals surface area contributed by atoms with Crippen molar-refractivity contribution in [3.05, 3.63) is 70.9 Å². The van der Waals surface area contributed by atoms with Crippen LogP contribution in [0, 0.1) is 29.6 Å². The lowest BCUT2D eigenvalue weighted by molar-refractivity contribution is -0.277. The van der Waals surface area contributed by atoms with Gasteiger partial charge in [0, 0.05) is 54.9 Å². The van der Waals surface area contributed by atoms with Gasteiger partial charge in [-0.1, -0.05) is 95.2 Å². The summed E-state index contributed by atoms with van der Waals surface area (Å²) in [6.45, 7) is 17.4. The van der Waals surface area contributed by atoms with Crippen molar-refractivity contribution in [2.24, 2.45) is 29.6 Å². The molecule has 340 valence electrons. The Labute approximate surface area is 358 Å². The summed E-state index contributed by atoms with van der Waals surface area (Å²) in [5, 5.41) is 75.7. The first kappa shape index (κ1) is 53.1. The van der Waals surface area contributed by atoms with Crippen LogP contribution in [-0.4, -0.2) is 108 Å². The number of carbonyl (C=O) groups excluding carboxylic acids is 3. The third-order valence-corrected chi connectivity index (χ3v) is 12.3. The number of allylic oxidation sites excluding steroid dienone is 6.